The Bertz CT molecular complexity index is 538. The summed E-state index contributed by atoms with van der Waals surface area (Å²) < 4.78 is 4.91. The summed E-state index contributed by atoms with van der Waals surface area (Å²) in [5.74, 6) is -1.65. The average Bonchev–Trinajstić information content (AvgIpc) is 3.01. The lowest BCUT2D eigenvalue weighted by Crippen LogP contribution is -2.45. The molecule has 2 atom stereocenters. The molecule has 6 heteroatoms. The van der Waals surface area contributed by atoms with Gasteiger partial charge in [0.2, 0.25) is 5.91 Å². The Labute approximate surface area is 129 Å². The van der Waals surface area contributed by atoms with E-state index >= 15 is 0 Å². The number of nitrogens with one attached hydrogen (secondary N) is 2. The molecule has 22 heavy (non-hydrogen) atoms. The highest BCUT2D eigenvalue weighted by atomic mass is 16.6. The smallest absolute Gasteiger partial charge is 0.336 e. The first-order chi connectivity index (χ1) is 10.6. The van der Waals surface area contributed by atoms with Crippen LogP contribution in [0.15, 0.2) is 30.3 Å². The lowest BCUT2D eigenvalue weighted by atomic mass is 10.1. The molecular formula is C16H20N2O4. The van der Waals surface area contributed by atoms with Crippen molar-refractivity contribution in [2.45, 2.75) is 38.3 Å². The molecule has 6 nitrogen and oxygen atoms in total. The van der Waals surface area contributed by atoms with E-state index in [2.05, 4.69) is 10.6 Å². The maximum atomic E-state index is 12.2. The van der Waals surface area contributed by atoms with E-state index in [-0.39, 0.29) is 12.3 Å². The van der Waals surface area contributed by atoms with E-state index in [1.807, 2.05) is 30.3 Å². The molecule has 1 fully saturated rings. The highest BCUT2D eigenvalue weighted by Gasteiger charge is 2.29. The van der Waals surface area contributed by atoms with Crippen LogP contribution in [0, 0.1) is 0 Å². The van der Waals surface area contributed by atoms with E-state index < -0.39 is 24.0 Å². The number of benzene rings is 1. The summed E-state index contributed by atoms with van der Waals surface area (Å²) in [6.45, 7) is 2.07. The Hall–Kier alpha value is -2.21. The number of hydrogen-bond acceptors (Lipinski definition) is 5. The zero-order chi connectivity index (χ0) is 15.9. The van der Waals surface area contributed by atoms with Crippen molar-refractivity contribution in [2.24, 2.45) is 0 Å². The molecule has 1 aliphatic heterocycles. The molecule has 1 amide bonds. The average molecular weight is 304 g/mol. The first kappa shape index (κ1) is 16.2. The van der Waals surface area contributed by atoms with Gasteiger partial charge in [-0.2, -0.15) is 0 Å². The van der Waals surface area contributed by atoms with Crippen molar-refractivity contribution in [1.29, 1.82) is 0 Å². The van der Waals surface area contributed by atoms with Crippen LogP contribution in [0.25, 0.3) is 0 Å². The third kappa shape index (κ3) is 4.66. The fraction of sp³-hybridized carbons (Fsp3) is 0.438. The largest absolute Gasteiger partial charge is 0.390 e. The van der Waals surface area contributed by atoms with E-state index in [1.54, 1.807) is 0 Å². The van der Waals surface area contributed by atoms with Crippen molar-refractivity contribution >= 4 is 17.8 Å². The van der Waals surface area contributed by atoms with E-state index in [0.29, 0.717) is 6.42 Å². The van der Waals surface area contributed by atoms with E-state index in [1.165, 1.54) is 6.92 Å². The van der Waals surface area contributed by atoms with Gasteiger partial charge in [-0.25, -0.2) is 9.59 Å². The van der Waals surface area contributed by atoms with Crippen molar-refractivity contribution in [1.82, 2.24) is 10.6 Å². The molecule has 0 aromatic heterocycles. The molecule has 1 saturated heterocycles. The molecule has 118 valence electrons. The summed E-state index contributed by atoms with van der Waals surface area (Å²) >= 11 is 0. The number of esters is 2. The summed E-state index contributed by atoms with van der Waals surface area (Å²) in [5.41, 5.74) is 0.879. The first-order valence-corrected chi connectivity index (χ1v) is 7.36. The standard InChI is InChI=1S/C16H20N2O4/c1-11(19)18-14(10-12-6-3-2-4-7-12)16(21)22-15(20)13-8-5-9-17-13/h2-4,6-7,13-14,17H,5,8-10H2,1H3,(H,18,19)/t13-,14?/m1/s1. The zero-order valence-electron chi connectivity index (χ0n) is 12.5. The van der Waals surface area contributed by atoms with Crippen LogP contribution in [0.4, 0.5) is 0 Å². The summed E-state index contributed by atoms with van der Waals surface area (Å²) in [4.78, 5) is 35.3. The Morgan fingerprint density at radius 2 is 2.05 bits per heavy atom. The second kappa shape index (κ2) is 7.70. The van der Waals surface area contributed by atoms with Crippen LogP contribution in [0.1, 0.15) is 25.3 Å². The third-order valence-electron chi connectivity index (χ3n) is 3.49. The topological polar surface area (TPSA) is 84.5 Å². The van der Waals surface area contributed by atoms with Crippen LogP contribution >= 0.6 is 0 Å². The zero-order valence-corrected chi connectivity index (χ0v) is 12.5. The van der Waals surface area contributed by atoms with Crippen LogP contribution < -0.4 is 10.6 Å². The monoisotopic (exact) mass is 304 g/mol. The van der Waals surface area contributed by atoms with Gasteiger partial charge in [0.1, 0.15) is 12.1 Å². The summed E-state index contributed by atoms with van der Waals surface area (Å²) in [5, 5.41) is 5.51. The maximum Gasteiger partial charge on any atom is 0.336 e. The summed E-state index contributed by atoms with van der Waals surface area (Å²) in [6.07, 6.45) is 1.83. The third-order valence-corrected chi connectivity index (χ3v) is 3.49. The van der Waals surface area contributed by atoms with E-state index in [0.717, 1.165) is 18.5 Å². The number of carbonyl (C=O) groups excluding carboxylic acids is 3. The number of ether oxygens (including phenoxy) is 1. The van der Waals surface area contributed by atoms with Gasteiger partial charge in [-0.1, -0.05) is 30.3 Å². The maximum absolute atomic E-state index is 12.2. The lowest BCUT2D eigenvalue weighted by Gasteiger charge is -2.17. The molecule has 2 N–H and O–H groups in total. The molecule has 0 radical (unpaired) electrons. The molecule has 0 aliphatic carbocycles. The predicted octanol–water partition coefficient (Wildman–Crippen LogP) is 0.556. The number of amides is 1. The second-order valence-corrected chi connectivity index (χ2v) is 5.33. The van der Waals surface area contributed by atoms with E-state index in [4.69, 9.17) is 4.74 Å². The Kier molecular flexibility index (Phi) is 5.66. The van der Waals surface area contributed by atoms with Crippen molar-refractivity contribution in [3.05, 3.63) is 35.9 Å². The Morgan fingerprint density at radius 3 is 2.64 bits per heavy atom. The molecule has 2 rings (SSSR count). The van der Waals surface area contributed by atoms with Crippen molar-refractivity contribution in [2.75, 3.05) is 6.54 Å². The van der Waals surface area contributed by atoms with E-state index in [9.17, 15) is 14.4 Å². The van der Waals surface area contributed by atoms with Gasteiger partial charge < -0.3 is 15.4 Å². The van der Waals surface area contributed by atoms with Crippen LogP contribution in [0.2, 0.25) is 0 Å². The Balaban J connectivity index is 1.99. The molecule has 1 aromatic rings. The molecule has 1 unspecified atom stereocenters. The Morgan fingerprint density at radius 1 is 1.32 bits per heavy atom. The van der Waals surface area contributed by atoms with Gasteiger partial charge in [0.15, 0.2) is 0 Å². The SMILES string of the molecule is CC(=O)NC(Cc1ccccc1)C(=O)OC(=O)[C@H]1CCCN1. The number of hydrogen-bond donors (Lipinski definition) is 2. The van der Waals surface area contributed by atoms with Crippen LogP contribution in [0.5, 0.6) is 0 Å². The highest BCUT2D eigenvalue weighted by molar-refractivity contribution is 5.93. The molecule has 1 aromatic carbocycles. The molecule has 0 spiro atoms. The quantitative estimate of drug-likeness (QED) is 0.613. The van der Waals surface area contributed by atoms with Crippen molar-refractivity contribution < 1.29 is 19.1 Å². The molecule has 1 aliphatic rings. The molecule has 0 saturated carbocycles. The van der Waals surface area contributed by atoms with Gasteiger partial charge in [0, 0.05) is 13.3 Å². The highest BCUT2D eigenvalue weighted by Crippen LogP contribution is 2.09. The minimum atomic E-state index is -0.870. The fourth-order valence-corrected chi connectivity index (χ4v) is 2.42. The summed E-state index contributed by atoms with van der Waals surface area (Å²) in [7, 11) is 0. The van der Waals surface area contributed by atoms with Gasteiger partial charge in [-0.15, -0.1) is 0 Å². The molecule has 0 bridgehead atoms. The van der Waals surface area contributed by atoms with Gasteiger partial charge >= 0.3 is 11.9 Å². The minimum absolute atomic E-state index is 0.282. The van der Waals surface area contributed by atoms with Crippen LogP contribution in [-0.4, -0.2) is 36.5 Å². The predicted molar refractivity (Wildman–Crippen MR) is 79.9 cm³/mol. The lowest BCUT2D eigenvalue weighted by molar-refractivity contribution is -0.163. The van der Waals surface area contributed by atoms with Crippen LogP contribution in [0.3, 0.4) is 0 Å². The van der Waals surface area contributed by atoms with Crippen molar-refractivity contribution in [3.8, 4) is 0 Å². The number of rotatable bonds is 5. The normalized spacial score (nSPS) is 18.5. The summed E-state index contributed by atoms with van der Waals surface area (Å²) in [6, 6.07) is 7.96. The fourth-order valence-electron chi connectivity index (χ4n) is 2.42. The van der Waals surface area contributed by atoms with Gasteiger partial charge in [-0.05, 0) is 24.9 Å². The van der Waals surface area contributed by atoms with Gasteiger partial charge in [-0.3, -0.25) is 4.79 Å². The molecule has 1 heterocycles. The van der Waals surface area contributed by atoms with Gasteiger partial charge in [0.25, 0.3) is 0 Å². The second-order valence-electron chi connectivity index (χ2n) is 5.33. The van der Waals surface area contributed by atoms with Crippen molar-refractivity contribution in [3.63, 3.8) is 0 Å². The number of carbonyl (C=O) groups is 3. The molecular weight excluding hydrogens is 284 g/mol. The van der Waals surface area contributed by atoms with Crippen LogP contribution in [-0.2, 0) is 25.5 Å². The van der Waals surface area contributed by atoms with Gasteiger partial charge in [0.05, 0.1) is 0 Å². The first-order valence-electron chi connectivity index (χ1n) is 7.36. The minimum Gasteiger partial charge on any atom is -0.390 e.